The average molecular weight is 376 g/mol. The number of aromatic nitrogens is 1. The maximum absolute atomic E-state index is 5.97. The lowest BCUT2D eigenvalue weighted by atomic mass is 9.92. The molecule has 2 atom stereocenters. The van der Waals surface area contributed by atoms with Crippen molar-refractivity contribution in [3.63, 3.8) is 0 Å². The topological polar surface area (TPSA) is 32.5 Å². The minimum atomic E-state index is 0.711. The molecule has 28 heavy (non-hydrogen) atoms. The van der Waals surface area contributed by atoms with Crippen LogP contribution in [0.2, 0.25) is 0 Å². The van der Waals surface area contributed by atoms with Crippen LogP contribution in [-0.2, 0) is 0 Å². The van der Waals surface area contributed by atoms with Crippen LogP contribution >= 0.6 is 0 Å². The Morgan fingerprint density at radius 1 is 0.893 bits per heavy atom. The monoisotopic (exact) mass is 375 g/mol. The molecule has 3 aromatic rings. The zero-order chi connectivity index (χ0) is 18.8. The van der Waals surface area contributed by atoms with Gasteiger partial charge in [0.15, 0.2) is 5.58 Å². The lowest BCUT2D eigenvalue weighted by Crippen LogP contribution is -2.32. The fraction of sp³-hybridized carbons (Fsp3) is 0.458. The van der Waals surface area contributed by atoms with Crippen molar-refractivity contribution in [2.24, 2.45) is 5.92 Å². The Morgan fingerprint density at radius 3 is 2.64 bits per heavy atom. The quantitative estimate of drug-likeness (QED) is 0.648. The Balaban J connectivity index is 1.17. The van der Waals surface area contributed by atoms with E-state index in [0.29, 0.717) is 5.92 Å². The van der Waals surface area contributed by atoms with E-state index in [1.54, 1.807) is 0 Å². The Hall–Kier alpha value is -2.33. The van der Waals surface area contributed by atoms with Gasteiger partial charge in [-0.1, -0.05) is 42.5 Å². The first-order chi connectivity index (χ1) is 13.8. The molecule has 2 fully saturated rings. The van der Waals surface area contributed by atoms with Gasteiger partial charge in [0, 0.05) is 19.6 Å². The second-order valence-electron chi connectivity index (χ2n) is 8.40. The molecule has 0 spiro atoms. The molecule has 0 bridgehead atoms. The number of hydrogen-bond acceptors (Lipinski definition) is 4. The summed E-state index contributed by atoms with van der Waals surface area (Å²) in [5.41, 5.74) is 3.37. The SMILES string of the molecule is c1ccc(C2CCCN(C[C@@H]3CCN(c4nc5ccccc5o4)C3)CC2)cc1. The summed E-state index contributed by atoms with van der Waals surface area (Å²) in [5, 5.41) is 0. The van der Waals surface area contributed by atoms with Gasteiger partial charge in [-0.15, -0.1) is 0 Å². The second-order valence-corrected chi connectivity index (χ2v) is 8.40. The summed E-state index contributed by atoms with van der Waals surface area (Å²) in [6.45, 7) is 5.78. The molecule has 3 heterocycles. The van der Waals surface area contributed by atoms with E-state index in [4.69, 9.17) is 4.42 Å². The van der Waals surface area contributed by atoms with Crippen LogP contribution in [0, 0.1) is 5.92 Å². The number of para-hydroxylation sites is 2. The lowest BCUT2D eigenvalue weighted by molar-refractivity contribution is 0.245. The molecule has 2 aliphatic heterocycles. The van der Waals surface area contributed by atoms with Crippen LogP contribution in [0.5, 0.6) is 0 Å². The molecular weight excluding hydrogens is 346 g/mol. The summed E-state index contributed by atoms with van der Waals surface area (Å²) in [5.74, 6) is 1.44. The van der Waals surface area contributed by atoms with Gasteiger partial charge in [-0.25, -0.2) is 0 Å². The highest BCUT2D eigenvalue weighted by Gasteiger charge is 2.28. The van der Waals surface area contributed by atoms with Crippen molar-refractivity contribution in [2.75, 3.05) is 37.6 Å². The van der Waals surface area contributed by atoms with E-state index in [9.17, 15) is 0 Å². The molecule has 0 aliphatic carbocycles. The first-order valence-corrected chi connectivity index (χ1v) is 10.7. The minimum Gasteiger partial charge on any atom is -0.423 e. The van der Waals surface area contributed by atoms with Crippen molar-refractivity contribution >= 4 is 17.1 Å². The summed E-state index contributed by atoms with van der Waals surface area (Å²) in [6, 6.07) is 19.9. The van der Waals surface area contributed by atoms with Gasteiger partial charge in [-0.3, -0.25) is 0 Å². The van der Waals surface area contributed by atoms with Crippen LogP contribution in [0.15, 0.2) is 59.0 Å². The summed E-state index contributed by atoms with van der Waals surface area (Å²) in [7, 11) is 0. The van der Waals surface area contributed by atoms with Crippen LogP contribution in [0.1, 0.15) is 37.2 Å². The van der Waals surface area contributed by atoms with Gasteiger partial charge in [0.05, 0.1) is 0 Å². The summed E-state index contributed by atoms with van der Waals surface area (Å²) in [4.78, 5) is 9.71. The largest absolute Gasteiger partial charge is 0.423 e. The Bertz CT molecular complexity index is 873. The van der Waals surface area contributed by atoms with Gasteiger partial charge in [-0.05, 0) is 68.3 Å². The fourth-order valence-electron chi connectivity index (χ4n) is 4.91. The number of fused-ring (bicyclic) bond motifs is 1. The fourth-order valence-corrected chi connectivity index (χ4v) is 4.91. The summed E-state index contributed by atoms with van der Waals surface area (Å²) >= 11 is 0. The first kappa shape index (κ1) is 17.7. The van der Waals surface area contributed by atoms with Gasteiger partial charge < -0.3 is 14.2 Å². The molecule has 4 heteroatoms. The highest BCUT2D eigenvalue weighted by molar-refractivity contribution is 5.74. The number of anilines is 1. The number of oxazole rings is 1. The van der Waals surface area contributed by atoms with Gasteiger partial charge >= 0.3 is 0 Å². The first-order valence-electron chi connectivity index (χ1n) is 10.7. The van der Waals surface area contributed by atoms with Crippen LogP contribution in [0.3, 0.4) is 0 Å². The van der Waals surface area contributed by atoms with Gasteiger partial charge in [0.1, 0.15) is 5.52 Å². The van der Waals surface area contributed by atoms with E-state index < -0.39 is 0 Å². The molecule has 0 radical (unpaired) electrons. The van der Waals surface area contributed by atoms with E-state index in [2.05, 4.69) is 45.1 Å². The normalized spacial score (nSPS) is 23.9. The van der Waals surface area contributed by atoms with Crippen molar-refractivity contribution < 1.29 is 4.42 Å². The lowest BCUT2D eigenvalue weighted by Gasteiger charge is -2.24. The molecule has 1 unspecified atom stereocenters. The van der Waals surface area contributed by atoms with Crippen molar-refractivity contribution in [1.82, 2.24) is 9.88 Å². The van der Waals surface area contributed by atoms with Crippen molar-refractivity contribution in [1.29, 1.82) is 0 Å². The van der Waals surface area contributed by atoms with Crippen LogP contribution in [0.4, 0.5) is 6.01 Å². The highest BCUT2D eigenvalue weighted by atomic mass is 16.4. The van der Waals surface area contributed by atoms with Crippen molar-refractivity contribution in [3.05, 3.63) is 60.2 Å². The molecule has 146 valence electrons. The van der Waals surface area contributed by atoms with E-state index in [-0.39, 0.29) is 0 Å². The zero-order valence-electron chi connectivity index (χ0n) is 16.5. The number of rotatable bonds is 4. The summed E-state index contributed by atoms with van der Waals surface area (Å²) < 4.78 is 5.97. The molecule has 2 aromatic carbocycles. The van der Waals surface area contributed by atoms with Gasteiger partial charge in [0.2, 0.25) is 0 Å². The molecule has 5 rings (SSSR count). The number of benzene rings is 2. The number of nitrogens with zero attached hydrogens (tertiary/aromatic N) is 3. The van der Waals surface area contributed by atoms with E-state index in [1.165, 1.54) is 50.9 Å². The predicted octanol–water partition coefficient (Wildman–Crippen LogP) is 4.92. The second kappa shape index (κ2) is 7.96. The average Bonchev–Trinajstić information content (AvgIpc) is 3.31. The molecule has 0 amide bonds. The van der Waals surface area contributed by atoms with Crippen LogP contribution < -0.4 is 4.90 Å². The number of hydrogen-bond donors (Lipinski definition) is 0. The third-order valence-corrected chi connectivity index (χ3v) is 6.45. The molecular formula is C24H29N3O. The molecule has 0 N–H and O–H groups in total. The third-order valence-electron chi connectivity index (χ3n) is 6.45. The summed E-state index contributed by atoms with van der Waals surface area (Å²) in [6.07, 6.45) is 5.14. The van der Waals surface area contributed by atoms with Gasteiger partial charge in [-0.2, -0.15) is 4.98 Å². The maximum atomic E-state index is 5.97. The predicted molar refractivity (Wildman–Crippen MR) is 114 cm³/mol. The van der Waals surface area contributed by atoms with Crippen LogP contribution in [0.25, 0.3) is 11.1 Å². The zero-order valence-corrected chi connectivity index (χ0v) is 16.5. The third kappa shape index (κ3) is 3.79. The molecule has 0 saturated carbocycles. The maximum Gasteiger partial charge on any atom is 0.298 e. The minimum absolute atomic E-state index is 0.711. The standard InChI is InChI=1S/C24H29N3O/c1-2-7-20(8-3-1)21-9-6-14-26(15-13-21)17-19-12-16-27(18-19)24-25-22-10-4-5-11-23(22)28-24/h1-5,7-8,10-11,19,21H,6,9,12-18H2/t19-,21?/m0/s1. The van der Waals surface area contributed by atoms with E-state index in [1.807, 2.05) is 24.3 Å². The highest BCUT2D eigenvalue weighted by Crippen LogP contribution is 2.30. The Kier molecular flexibility index (Phi) is 5.05. The van der Waals surface area contributed by atoms with E-state index >= 15 is 0 Å². The smallest absolute Gasteiger partial charge is 0.298 e. The van der Waals surface area contributed by atoms with E-state index in [0.717, 1.165) is 36.1 Å². The Labute approximate surface area is 167 Å². The molecule has 4 nitrogen and oxygen atoms in total. The molecule has 2 saturated heterocycles. The van der Waals surface area contributed by atoms with Crippen LogP contribution in [-0.4, -0.2) is 42.6 Å². The molecule has 2 aliphatic rings. The molecule has 1 aromatic heterocycles. The van der Waals surface area contributed by atoms with Crippen molar-refractivity contribution in [3.8, 4) is 0 Å². The number of likely N-dealkylation sites (tertiary alicyclic amines) is 1. The van der Waals surface area contributed by atoms with Gasteiger partial charge in [0.25, 0.3) is 6.01 Å². The Morgan fingerprint density at radius 2 is 1.75 bits per heavy atom. The van der Waals surface area contributed by atoms with Crippen molar-refractivity contribution in [2.45, 2.75) is 31.6 Å².